The SMILES string of the molecule is CC(C)S(=O)(=O)Nc1ccc2c(c1)C(=O)Nc1cc(Cl)ccc1O2. The van der Waals surface area contributed by atoms with Gasteiger partial charge in [-0.05, 0) is 50.2 Å². The average Bonchev–Trinajstić information content (AvgIpc) is 2.63. The van der Waals surface area contributed by atoms with Gasteiger partial charge in [0.2, 0.25) is 10.0 Å². The van der Waals surface area contributed by atoms with Crippen molar-refractivity contribution >= 4 is 38.9 Å². The molecule has 0 aromatic heterocycles. The van der Waals surface area contributed by atoms with Crippen molar-refractivity contribution in [2.45, 2.75) is 19.1 Å². The van der Waals surface area contributed by atoms with Crippen molar-refractivity contribution in [1.82, 2.24) is 0 Å². The summed E-state index contributed by atoms with van der Waals surface area (Å²) in [5.74, 6) is 0.389. The maximum absolute atomic E-state index is 12.4. The summed E-state index contributed by atoms with van der Waals surface area (Å²) >= 11 is 5.93. The Morgan fingerprint density at radius 3 is 2.54 bits per heavy atom. The lowest BCUT2D eigenvalue weighted by Crippen LogP contribution is -2.22. The van der Waals surface area contributed by atoms with Crippen LogP contribution in [0.4, 0.5) is 11.4 Å². The standard InChI is InChI=1S/C16H15ClN2O4S/c1-9(2)24(21,22)19-11-4-6-14-12(8-11)16(20)18-13-7-10(17)3-5-15(13)23-14/h3-9,19H,1-2H3,(H,18,20). The zero-order valence-electron chi connectivity index (χ0n) is 13.0. The van der Waals surface area contributed by atoms with Crippen molar-refractivity contribution in [3.8, 4) is 11.5 Å². The number of benzene rings is 2. The molecule has 24 heavy (non-hydrogen) atoms. The van der Waals surface area contributed by atoms with Crippen LogP contribution in [0.25, 0.3) is 0 Å². The van der Waals surface area contributed by atoms with Crippen LogP contribution in [-0.2, 0) is 10.0 Å². The number of ether oxygens (including phenoxy) is 1. The number of sulfonamides is 1. The summed E-state index contributed by atoms with van der Waals surface area (Å²) in [6, 6.07) is 9.44. The molecule has 0 fully saturated rings. The van der Waals surface area contributed by atoms with E-state index in [1.165, 1.54) is 6.07 Å². The highest BCUT2D eigenvalue weighted by Gasteiger charge is 2.23. The van der Waals surface area contributed by atoms with E-state index in [9.17, 15) is 13.2 Å². The van der Waals surface area contributed by atoms with Gasteiger partial charge in [-0.1, -0.05) is 11.6 Å². The minimum Gasteiger partial charge on any atom is -0.454 e. The highest BCUT2D eigenvalue weighted by atomic mass is 35.5. The summed E-state index contributed by atoms with van der Waals surface area (Å²) in [6.07, 6.45) is 0. The number of nitrogens with one attached hydrogen (secondary N) is 2. The van der Waals surface area contributed by atoms with E-state index in [1.807, 2.05) is 0 Å². The summed E-state index contributed by atoms with van der Waals surface area (Å²) in [5.41, 5.74) is 0.976. The Balaban J connectivity index is 1.99. The third-order valence-corrected chi connectivity index (χ3v) is 5.51. The van der Waals surface area contributed by atoms with E-state index in [0.29, 0.717) is 27.9 Å². The van der Waals surface area contributed by atoms with Gasteiger partial charge in [-0.15, -0.1) is 0 Å². The summed E-state index contributed by atoms with van der Waals surface area (Å²) in [6.45, 7) is 3.14. The van der Waals surface area contributed by atoms with Crippen molar-refractivity contribution in [3.05, 3.63) is 47.0 Å². The number of hydrogen-bond acceptors (Lipinski definition) is 4. The van der Waals surface area contributed by atoms with Crippen molar-refractivity contribution in [2.24, 2.45) is 0 Å². The number of rotatable bonds is 3. The molecule has 1 amide bonds. The molecule has 0 saturated heterocycles. The molecule has 2 aromatic rings. The molecule has 3 rings (SSSR count). The van der Waals surface area contributed by atoms with Crippen LogP contribution in [0.15, 0.2) is 36.4 Å². The van der Waals surface area contributed by atoms with Gasteiger partial charge in [0.25, 0.3) is 5.91 Å². The third kappa shape index (κ3) is 3.18. The molecule has 0 atom stereocenters. The van der Waals surface area contributed by atoms with E-state index < -0.39 is 21.2 Å². The Kier molecular flexibility index (Phi) is 4.15. The van der Waals surface area contributed by atoms with Crippen molar-refractivity contribution in [2.75, 3.05) is 10.0 Å². The number of amides is 1. The first-order valence-electron chi connectivity index (χ1n) is 7.21. The van der Waals surface area contributed by atoms with Gasteiger partial charge in [0.05, 0.1) is 16.5 Å². The van der Waals surface area contributed by atoms with Crippen LogP contribution in [0.5, 0.6) is 11.5 Å². The van der Waals surface area contributed by atoms with Gasteiger partial charge in [-0.3, -0.25) is 9.52 Å². The van der Waals surface area contributed by atoms with E-state index in [2.05, 4.69) is 10.0 Å². The molecule has 2 aromatic carbocycles. The lowest BCUT2D eigenvalue weighted by molar-refractivity contribution is 0.102. The van der Waals surface area contributed by atoms with Crippen molar-refractivity contribution in [3.63, 3.8) is 0 Å². The zero-order valence-corrected chi connectivity index (χ0v) is 14.5. The smallest absolute Gasteiger partial charge is 0.259 e. The quantitative estimate of drug-likeness (QED) is 0.864. The minimum absolute atomic E-state index is 0.228. The molecule has 0 unspecified atom stereocenters. The van der Waals surface area contributed by atoms with Crippen molar-refractivity contribution < 1.29 is 17.9 Å². The number of carbonyl (C=O) groups is 1. The van der Waals surface area contributed by atoms with Gasteiger partial charge >= 0.3 is 0 Å². The average molecular weight is 367 g/mol. The highest BCUT2D eigenvalue weighted by Crippen LogP contribution is 2.38. The van der Waals surface area contributed by atoms with Gasteiger partial charge < -0.3 is 10.1 Å². The zero-order chi connectivity index (χ0) is 17.5. The molecule has 0 saturated carbocycles. The summed E-state index contributed by atoms with van der Waals surface area (Å²) < 4.78 is 32.1. The van der Waals surface area contributed by atoms with E-state index in [0.717, 1.165) is 0 Å². The second kappa shape index (κ2) is 5.99. The normalized spacial score (nSPS) is 13.4. The molecule has 2 N–H and O–H groups in total. The number of anilines is 2. The Morgan fingerprint density at radius 1 is 1.12 bits per heavy atom. The summed E-state index contributed by atoms with van der Waals surface area (Å²) in [7, 11) is -3.50. The topological polar surface area (TPSA) is 84.5 Å². The molecule has 1 aliphatic heterocycles. The first-order chi connectivity index (χ1) is 11.3. The van der Waals surface area contributed by atoms with Gasteiger partial charge in [0, 0.05) is 10.7 Å². The predicted molar refractivity (Wildman–Crippen MR) is 93.6 cm³/mol. The van der Waals surface area contributed by atoms with Crippen LogP contribution in [0.3, 0.4) is 0 Å². The Labute approximate surface area is 144 Å². The molecular formula is C16H15ClN2O4S. The predicted octanol–water partition coefficient (Wildman–Crippen LogP) is 3.85. The maximum atomic E-state index is 12.4. The number of carbonyl (C=O) groups excluding carboxylic acids is 1. The largest absolute Gasteiger partial charge is 0.454 e. The fraction of sp³-hybridized carbons (Fsp3) is 0.188. The molecule has 0 spiro atoms. The lowest BCUT2D eigenvalue weighted by Gasteiger charge is -2.12. The second-order valence-corrected chi connectivity index (χ2v) is 8.28. The third-order valence-electron chi connectivity index (χ3n) is 3.51. The number of fused-ring (bicyclic) bond motifs is 2. The van der Waals surface area contributed by atoms with Crippen LogP contribution in [-0.4, -0.2) is 19.6 Å². The minimum atomic E-state index is -3.50. The monoisotopic (exact) mass is 366 g/mol. The summed E-state index contributed by atoms with van der Waals surface area (Å²) in [5, 5.41) is 2.58. The molecule has 0 aliphatic carbocycles. The highest BCUT2D eigenvalue weighted by molar-refractivity contribution is 7.93. The molecule has 1 heterocycles. The fourth-order valence-corrected chi connectivity index (χ4v) is 3.00. The van der Waals surface area contributed by atoms with Crippen molar-refractivity contribution in [1.29, 1.82) is 0 Å². The van der Waals surface area contributed by atoms with Gasteiger partial charge in [-0.25, -0.2) is 8.42 Å². The van der Waals surface area contributed by atoms with Crippen LogP contribution in [0.2, 0.25) is 5.02 Å². The molecule has 0 bridgehead atoms. The fourth-order valence-electron chi connectivity index (χ4n) is 2.14. The Bertz CT molecular complexity index is 926. The Hall–Kier alpha value is -2.25. The molecule has 8 heteroatoms. The van der Waals surface area contributed by atoms with E-state index in [4.69, 9.17) is 16.3 Å². The Morgan fingerprint density at radius 2 is 1.83 bits per heavy atom. The maximum Gasteiger partial charge on any atom is 0.259 e. The van der Waals surface area contributed by atoms with Crippen LogP contribution < -0.4 is 14.8 Å². The van der Waals surface area contributed by atoms with Gasteiger partial charge in [-0.2, -0.15) is 0 Å². The van der Waals surface area contributed by atoms with E-state index in [1.54, 1.807) is 44.2 Å². The van der Waals surface area contributed by atoms with Gasteiger partial charge in [0.15, 0.2) is 5.75 Å². The van der Waals surface area contributed by atoms with Crippen LogP contribution >= 0.6 is 11.6 Å². The molecule has 0 radical (unpaired) electrons. The van der Waals surface area contributed by atoms with Crippen LogP contribution in [0.1, 0.15) is 24.2 Å². The first-order valence-corrected chi connectivity index (χ1v) is 9.13. The van der Waals surface area contributed by atoms with E-state index in [-0.39, 0.29) is 5.56 Å². The molecular weight excluding hydrogens is 352 g/mol. The number of hydrogen-bond donors (Lipinski definition) is 2. The number of halogens is 1. The lowest BCUT2D eigenvalue weighted by atomic mass is 10.1. The second-order valence-electron chi connectivity index (χ2n) is 5.60. The molecule has 1 aliphatic rings. The van der Waals surface area contributed by atoms with E-state index >= 15 is 0 Å². The van der Waals surface area contributed by atoms with Crippen LogP contribution in [0, 0.1) is 0 Å². The molecule has 126 valence electrons. The summed E-state index contributed by atoms with van der Waals surface area (Å²) in [4.78, 5) is 12.4. The van der Waals surface area contributed by atoms with Gasteiger partial charge in [0.1, 0.15) is 5.75 Å². The first kappa shape index (κ1) is 16.6. The molecule has 6 nitrogen and oxygen atoms in total.